The zero-order valence-electron chi connectivity index (χ0n) is 7.71. The number of hydrogen-bond acceptors (Lipinski definition) is 2. The van der Waals surface area contributed by atoms with Crippen LogP contribution in [0.15, 0.2) is 24.4 Å². The first-order chi connectivity index (χ1) is 6.68. The summed E-state index contributed by atoms with van der Waals surface area (Å²) in [6.45, 7) is 1.96. The molecule has 0 atom stereocenters. The monoisotopic (exact) mass is 207 g/mol. The first kappa shape index (κ1) is 9.09. The molecule has 0 aliphatic rings. The lowest BCUT2D eigenvalue weighted by atomic mass is 10.1. The van der Waals surface area contributed by atoms with Crippen molar-refractivity contribution in [3.63, 3.8) is 0 Å². The van der Waals surface area contributed by atoms with Gasteiger partial charge in [0.1, 0.15) is 5.82 Å². The van der Waals surface area contributed by atoms with Crippen LogP contribution in [-0.4, -0.2) is 10.2 Å². The van der Waals surface area contributed by atoms with E-state index < -0.39 is 0 Å². The molecule has 1 aromatic heterocycles. The van der Waals surface area contributed by atoms with Crippen LogP contribution < -0.4 is 5.73 Å². The van der Waals surface area contributed by atoms with Crippen molar-refractivity contribution in [1.82, 2.24) is 10.2 Å². The van der Waals surface area contributed by atoms with E-state index in [0.717, 1.165) is 21.7 Å². The standard InChI is InChI=1S/C10H10ClN3/c1-6-4-7(2-3-9(6)11)8-5-13-14-10(8)12/h2-5H,1H3,(H3,12,13,14). The molecule has 0 fully saturated rings. The van der Waals surface area contributed by atoms with Gasteiger partial charge >= 0.3 is 0 Å². The van der Waals surface area contributed by atoms with Crippen LogP contribution in [0, 0.1) is 6.92 Å². The molecule has 2 aromatic rings. The second-order valence-electron chi connectivity index (χ2n) is 3.16. The van der Waals surface area contributed by atoms with Gasteiger partial charge in [0.05, 0.1) is 6.20 Å². The van der Waals surface area contributed by atoms with E-state index in [0.29, 0.717) is 5.82 Å². The second-order valence-corrected chi connectivity index (χ2v) is 3.57. The Labute approximate surface area is 86.9 Å². The van der Waals surface area contributed by atoms with Crippen molar-refractivity contribution in [3.05, 3.63) is 35.0 Å². The number of nitrogens with two attached hydrogens (primary N) is 1. The lowest BCUT2D eigenvalue weighted by Crippen LogP contribution is -1.88. The quantitative estimate of drug-likeness (QED) is 0.755. The van der Waals surface area contributed by atoms with Gasteiger partial charge in [0.15, 0.2) is 0 Å². The molecule has 0 unspecified atom stereocenters. The van der Waals surface area contributed by atoms with E-state index in [4.69, 9.17) is 17.3 Å². The van der Waals surface area contributed by atoms with Gasteiger partial charge in [-0.2, -0.15) is 5.10 Å². The fourth-order valence-corrected chi connectivity index (χ4v) is 1.46. The molecule has 0 amide bonds. The molecule has 0 aliphatic carbocycles. The maximum atomic E-state index is 5.93. The summed E-state index contributed by atoms with van der Waals surface area (Å²) in [5.41, 5.74) is 8.68. The molecule has 0 saturated carbocycles. The van der Waals surface area contributed by atoms with Gasteiger partial charge in [-0.25, -0.2) is 0 Å². The summed E-state index contributed by atoms with van der Waals surface area (Å²) in [5, 5.41) is 7.32. The van der Waals surface area contributed by atoms with Crippen LogP contribution in [0.25, 0.3) is 11.1 Å². The number of H-pyrrole nitrogens is 1. The Kier molecular flexibility index (Phi) is 2.17. The summed E-state index contributed by atoms with van der Waals surface area (Å²) in [6.07, 6.45) is 1.71. The van der Waals surface area contributed by atoms with E-state index in [-0.39, 0.29) is 0 Å². The zero-order valence-corrected chi connectivity index (χ0v) is 8.47. The van der Waals surface area contributed by atoms with Crippen molar-refractivity contribution in [1.29, 1.82) is 0 Å². The van der Waals surface area contributed by atoms with Crippen LogP contribution in [-0.2, 0) is 0 Å². The Morgan fingerprint density at radius 1 is 1.43 bits per heavy atom. The van der Waals surface area contributed by atoms with Crippen molar-refractivity contribution < 1.29 is 0 Å². The second kappa shape index (κ2) is 3.35. The number of nitrogens with one attached hydrogen (secondary N) is 1. The van der Waals surface area contributed by atoms with Gasteiger partial charge in [0, 0.05) is 10.6 Å². The third-order valence-corrected chi connectivity index (χ3v) is 2.56. The molecule has 4 heteroatoms. The highest BCUT2D eigenvalue weighted by Crippen LogP contribution is 2.27. The molecular weight excluding hydrogens is 198 g/mol. The van der Waals surface area contributed by atoms with Crippen LogP contribution in [0.2, 0.25) is 5.02 Å². The lowest BCUT2D eigenvalue weighted by Gasteiger charge is -2.02. The molecule has 3 N–H and O–H groups in total. The minimum Gasteiger partial charge on any atom is -0.384 e. The van der Waals surface area contributed by atoms with E-state index in [9.17, 15) is 0 Å². The van der Waals surface area contributed by atoms with Crippen LogP contribution in [0.4, 0.5) is 5.82 Å². The fraction of sp³-hybridized carbons (Fsp3) is 0.100. The Hall–Kier alpha value is -1.48. The maximum absolute atomic E-state index is 5.93. The Morgan fingerprint density at radius 3 is 2.79 bits per heavy atom. The number of nitrogens with zero attached hydrogens (tertiary/aromatic N) is 1. The van der Waals surface area contributed by atoms with Crippen molar-refractivity contribution in [2.75, 3.05) is 5.73 Å². The topological polar surface area (TPSA) is 54.7 Å². The van der Waals surface area contributed by atoms with E-state index in [1.165, 1.54) is 0 Å². The summed E-state index contributed by atoms with van der Waals surface area (Å²) in [5.74, 6) is 0.576. The lowest BCUT2D eigenvalue weighted by molar-refractivity contribution is 1.10. The van der Waals surface area contributed by atoms with Crippen molar-refractivity contribution >= 4 is 17.4 Å². The number of benzene rings is 1. The average Bonchev–Trinajstić information content (AvgIpc) is 2.57. The first-order valence-electron chi connectivity index (χ1n) is 4.24. The number of aryl methyl sites for hydroxylation is 1. The summed E-state index contributed by atoms with van der Waals surface area (Å²) in [7, 11) is 0. The van der Waals surface area contributed by atoms with Gasteiger partial charge in [0.25, 0.3) is 0 Å². The van der Waals surface area contributed by atoms with Crippen LogP contribution in [0.3, 0.4) is 0 Å². The summed E-state index contributed by atoms with van der Waals surface area (Å²) in [4.78, 5) is 0. The number of rotatable bonds is 1. The van der Waals surface area contributed by atoms with Crippen LogP contribution >= 0.6 is 11.6 Å². The predicted octanol–water partition coefficient (Wildman–Crippen LogP) is 2.62. The number of hydrogen-bond donors (Lipinski definition) is 2. The Balaban J connectivity index is 2.53. The van der Waals surface area contributed by atoms with Crippen LogP contribution in [0.5, 0.6) is 0 Å². The molecule has 0 aliphatic heterocycles. The largest absolute Gasteiger partial charge is 0.384 e. The molecule has 0 radical (unpaired) electrons. The van der Waals surface area contributed by atoms with E-state index in [2.05, 4.69) is 10.2 Å². The number of aromatic amines is 1. The van der Waals surface area contributed by atoms with Gasteiger partial charge < -0.3 is 5.73 Å². The first-order valence-corrected chi connectivity index (χ1v) is 4.61. The Morgan fingerprint density at radius 2 is 2.21 bits per heavy atom. The molecule has 2 rings (SSSR count). The summed E-state index contributed by atoms with van der Waals surface area (Å²) < 4.78 is 0. The molecule has 1 heterocycles. The molecule has 1 aromatic carbocycles. The van der Waals surface area contributed by atoms with Crippen molar-refractivity contribution in [2.24, 2.45) is 0 Å². The molecule has 3 nitrogen and oxygen atoms in total. The minimum absolute atomic E-state index is 0.576. The predicted molar refractivity (Wildman–Crippen MR) is 58.2 cm³/mol. The normalized spacial score (nSPS) is 10.4. The third kappa shape index (κ3) is 1.46. The minimum atomic E-state index is 0.576. The molecule has 14 heavy (non-hydrogen) atoms. The highest BCUT2D eigenvalue weighted by atomic mass is 35.5. The number of anilines is 1. The molecule has 72 valence electrons. The fourth-order valence-electron chi connectivity index (χ4n) is 1.34. The van der Waals surface area contributed by atoms with Crippen molar-refractivity contribution in [2.45, 2.75) is 6.92 Å². The van der Waals surface area contributed by atoms with Gasteiger partial charge in [-0.3, -0.25) is 5.10 Å². The van der Waals surface area contributed by atoms with E-state index in [1.54, 1.807) is 6.20 Å². The maximum Gasteiger partial charge on any atom is 0.126 e. The van der Waals surface area contributed by atoms with Crippen LogP contribution in [0.1, 0.15) is 5.56 Å². The SMILES string of the molecule is Cc1cc(-c2cn[nH]c2N)ccc1Cl. The van der Waals surface area contributed by atoms with Gasteiger partial charge in [-0.15, -0.1) is 0 Å². The molecule has 0 spiro atoms. The highest BCUT2D eigenvalue weighted by molar-refractivity contribution is 6.31. The molecule has 0 saturated heterocycles. The number of nitrogen functional groups attached to an aromatic ring is 1. The Bertz CT molecular complexity index is 462. The van der Waals surface area contributed by atoms with Gasteiger partial charge in [-0.05, 0) is 30.2 Å². The highest BCUT2D eigenvalue weighted by Gasteiger charge is 2.05. The molecule has 0 bridgehead atoms. The van der Waals surface area contributed by atoms with E-state index >= 15 is 0 Å². The summed E-state index contributed by atoms with van der Waals surface area (Å²) in [6, 6.07) is 5.78. The zero-order chi connectivity index (χ0) is 10.1. The van der Waals surface area contributed by atoms with Gasteiger partial charge in [0.2, 0.25) is 0 Å². The third-order valence-electron chi connectivity index (χ3n) is 2.14. The van der Waals surface area contributed by atoms with E-state index in [1.807, 2.05) is 25.1 Å². The smallest absolute Gasteiger partial charge is 0.126 e. The average molecular weight is 208 g/mol. The summed E-state index contributed by atoms with van der Waals surface area (Å²) >= 11 is 5.93. The van der Waals surface area contributed by atoms with Gasteiger partial charge in [-0.1, -0.05) is 17.7 Å². The number of aromatic nitrogens is 2. The van der Waals surface area contributed by atoms with Crippen molar-refractivity contribution in [3.8, 4) is 11.1 Å². The molecular formula is C10H10ClN3. The number of halogens is 1.